The third-order valence-corrected chi connectivity index (χ3v) is 2.89. The summed E-state index contributed by atoms with van der Waals surface area (Å²) in [6.07, 6.45) is 2.45. The number of nitrogens with zero attached hydrogens (tertiary/aromatic N) is 1. The van der Waals surface area contributed by atoms with Crippen LogP contribution in [-0.4, -0.2) is 34.2 Å². The molecule has 104 valence electrons. The van der Waals surface area contributed by atoms with E-state index in [2.05, 4.69) is 0 Å². The molecule has 0 fully saturated rings. The molecule has 0 rings (SSSR count). The van der Waals surface area contributed by atoms with E-state index in [0.717, 1.165) is 0 Å². The molecule has 0 saturated carbocycles. The number of hydrogen-bond acceptors (Lipinski definition) is 6. The maximum atomic E-state index is 10.2. The van der Waals surface area contributed by atoms with Gasteiger partial charge in [0, 0.05) is 25.0 Å². The van der Waals surface area contributed by atoms with Gasteiger partial charge in [0.2, 0.25) is 0 Å². The quantitative estimate of drug-likeness (QED) is 0.166. The zero-order chi connectivity index (χ0) is 14.0. The van der Waals surface area contributed by atoms with E-state index >= 15 is 0 Å². The maximum absolute atomic E-state index is 10.2. The number of carboxylic acid groups (broad SMARTS) is 2. The standard InChI is InChI=1S/C11H19NO4S2.3Na/c13-9(14)5-1-3-7-12(11(17)18)8-4-2-6-10(15)16;;;/h1-8H2,(H,13,14)(H,15,16)(H,17,18);;;/q;3*+1/p-3. The Labute approximate surface area is 203 Å². The number of hydrogen-bond donors (Lipinski definition) is 0. The van der Waals surface area contributed by atoms with Crippen molar-refractivity contribution in [2.24, 2.45) is 0 Å². The van der Waals surface area contributed by atoms with E-state index in [4.69, 9.17) is 24.8 Å². The number of aliphatic carboxylic acids is 2. The third kappa shape index (κ3) is 22.1. The Kier molecular flexibility index (Phi) is 29.6. The van der Waals surface area contributed by atoms with E-state index in [9.17, 15) is 19.8 Å². The van der Waals surface area contributed by atoms with Gasteiger partial charge in [-0.3, -0.25) is 0 Å². The van der Waals surface area contributed by atoms with E-state index in [1.54, 1.807) is 4.90 Å². The molecule has 0 aliphatic rings. The van der Waals surface area contributed by atoms with Gasteiger partial charge in [0.1, 0.15) is 0 Å². The molecule has 0 aromatic rings. The van der Waals surface area contributed by atoms with Gasteiger partial charge in [-0.05, 0) is 38.5 Å². The Morgan fingerprint density at radius 3 is 1.43 bits per heavy atom. The first kappa shape index (κ1) is 30.9. The van der Waals surface area contributed by atoms with Crippen molar-refractivity contribution in [1.29, 1.82) is 0 Å². The first-order chi connectivity index (χ1) is 8.43. The van der Waals surface area contributed by atoms with Crippen LogP contribution >= 0.6 is 12.2 Å². The van der Waals surface area contributed by atoms with Crippen LogP contribution in [0.5, 0.6) is 0 Å². The summed E-state index contributed by atoms with van der Waals surface area (Å²) in [6, 6.07) is 0. The summed E-state index contributed by atoms with van der Waals surface area (Å²) < 4.78 is 0.330. The number of unbranched alkanes of at least 4 members (excludes halogenated alkanes) is 2. The van der Waals surface area contributed by atoms with Gasteiger partial charge in [0.15, 0.2) is 0 Å². The van der Waals surface area contributed by atoms with Crippen molar-refractivity contribution < 1.29 is 108 Å². The molecule has 0 N–H and O–H groups in total. The van der Waals surface area contributed by atoms with E-state index < -0.39 is 11.9 Å². The number of carbonyl (C=O) groups excluding carboxylic acids is 2. The Hall–Kier alpha value is 2.05. The van der Waals surface area contributed by atoms with Crippen LogP contribution in [0.15, 0.2) is 0 Å². The summed E-state index contributed by atoms with van der Waals surface area (Å²) in [5, 5.41) is 20.4. The minimum absolute atomic E-state index is 0. The van der Waals surface area contributed by atoms with E-state index in [0.29, 0.717) is 43.1 Å². The summed E-state index contributed by atoms with van der Waals surface area (Å²) in [7, 11) is 0. The SMILES string of the molecule is O=C([O-])CCCCN(CCCCC(=O)[O-])C(=S)[S-].[Na+].[Na+].[Na+]. The molecular weight excluding hydrogens is 343 g/mol. The second kappa shape index (κ2) is 20.1. The number of thiocarbonyl (C=S) groups is 1. The average Bonchev–Trinajstić information content (AvgIpc) is 2.25. The molecule has 0 unspecified atom stereocenters. The van der Waals surface area contributed by atoms with Crippen molar-refractivity contribution in [1.82, 2.24) is 4.90 Å². The van der Waals surface area contributed by atoms with Gasteiger partial charge < -0.3 is 49.5 Å². The van der Waals surface area contributed by atoms with Gasteiger partial charge in [-0.25, -0.2) is 0 Å². The Morgan fingerprint density at radius 2 is 1.19 bits per heavy atom. The molecule has 0 aromatic carbocycles. The molecule has 21 heavy (non-hydrogen) atoms. The third-order valence-electron chi connectivity index (χ3n) is 2.38. The molecule has 0 bridgehead atoms. The molecule has 0 heterocycles. The van der Waals surface area contributed by atoms with Crippen LogP contribution in [0.1, 0.15) is 38.5 Å². The van der Waals surface area contributed by atoms with Gasteiger partial charge in [-0.15, -0.1) is 0 Å². The van der Waals surface area contributed by atoms with E-state index in [-0.39, 0.29) is 102 Å². The molecule has 10 heteroatoms. The number of carbonyl (C=O) groups is 2. The number of carboxylic acids is 2. The van der Waals surface area contributed by atoms with Crippen LogP contribution in [0.4, 0.5) is 0 Å². The fourth-order valence-electron chi connectivity index (χ4n) is 1.44. The van der Waals surface area contributed by atoms with Gasteiger partial charge >= 0.3 is 88.7 Å². The fourth-order valence-corrected chi connectivity index (χ4v) is 1.80. The van der Waals surface area contributed by atoms with E-state index in [1.807, 2.05) is 0 Å². The van der Waals surface area contributed by atoms with Crippen LogP contribution in [0, 0.1) is 0 Å². The average molecular weight is 359 g/mol. The largest absolute Gasteiger partial charge is 1.00 e. The molecule has 0 aromatic heterocycles. The first-order valence-electron chi connectivity index (χ1n) is 5.79. The molecule has 0 saturated heterocycles. The first-order valence-corrected chi connectivity index (χ1v) is 6.60. The molecule has 0 aliphatic carbocycles. The maximum Gasteiger partial charge on any atom is 1.00 e. The smallest absolute Gasteiger partial charge is 0.550 e. The minimum atomic E-state index is -1.06. The van der Waals surface area contributed by atoms with Gasteiger partial charge in [-0.1, -0.05) is 4.32 Å². The van der Waals surface area contributed by atoms with Gasteiger partial charge in [0.25, 0.3) is 0 Å². The van der Waals surface area contributed by atoms with Crippen LogP contribution in [0.25, 0.3) is 0 Å². The summed E-state index contributed by atoms with van der Waals surface area (Å²) in [4.78, 5) is 22.2. The zero-order valence-corrected chi connectivity index (χ0v) is 20.7. The Morgan fingerprint density at radius 1 is 0.857 bits per heavy atom. The monoisotopic (exact) mass is 359 g/mol. The van der Waals surface area contributed by atoms with Crippen LogP contribution in [-0.2, 0) is 22.2 Å². The number of rotatable bonds is 10. The molecule has 5 nitrogen and oxygen atoms in total. The Balaban J connectivity index is -0.000000482. The van der Waals surface area contributed by atoms with Crippen molar-refractivity contribution >= 4 is 41.1 Å². The molecule has 0 spiro atoms. The fraction of sp³-hybridized carbons (Fsp3) is 0.727. The predicted molar refractivity (Wildman–Crippen MR) is 69.3 cm³/mol. The van der Waals surface area contributed by atoms with Crippen molar-refractivity contribution in [3.63, 3.8) is 0 Å². The second-order valence-corrected chi connectivity index (χ2v) is 4.94. The topological polar surface area (TPSA) is 83.5 Å². The molecule has 0 atom stereocenters. The summed E-state index contributed by atoms with van der Waals surface area (Å²) in [5.74, 6) is -2.12. The molecule has 0 aliphatic heterocycles. The second-order valence-electron chi connectivity index (χ2n) is 3.91. The van der Waals surface area contributed by atoms with E-state index in [1.165, 1.54) is 0 Å². The summed E-state index contributed by atoms with van der Waals surface area (Å²) in [5.41, 5.74) is 0. The van der Waals surface area contributed by atoms with Crippen molar-refractivity contribution in [2.45, 2.75) is 38.5 Å². The summed E-state index contributed by atoms with van der Waals surface area (Å²) >= 11 is 9.81. The predicted octanol–water partition coefficient (Wildman–Crippen LogP) is -10.0. The zero-order valence-electron chi connectivity index (χ0n) is 13.1. The van der Waals surface area contributed by atoms with Crippen LogP contribution in [0.3, 0.4) is 0 Å². The van der Waals surface area contributed by atoms with Crippen LogP contribution in [0.2, 0.25) is 0 Å². The minimum Gasteiger partial charge on any atom is -0.550 e. The normalized spacial score (nSPS) is 8.57. The van der Waals surface area contributed by atoms with Crippen molar-refractivity contribution in [3.8, 4) is 0 Å². The van der Waals surface area contributed by atoms with Gasteiger partial charge in [-0.2, -0.15) is 0 Å². The summed E-state index contributed by atoms with van der Waals surface area (Å²) in [6.45, 7) is 1.20. The molecular formula is C11H16NNa3O4S2. The molecule has 0 amide bonds. The van der Waals surface area contributed by atoms with Crippen molar-refractivity contribution in [3.05, 3.63) is 0 Å². The molecule has 0 radical (unpaired) electrons. The van der Waals surface area contributed by atoms with Gasteiger partial charge in [0.05, 0.1) is 0 Å². The van der Waals surface area contributed by atoms with Crippen LogP contribution < -0.4 is 98.9 Å². The Bertz CT molecular complexity index is 287. The van der Waals surface area contributed by atoms with Crippen molar-refractivity contribution in [2.75, 3.05) is 13.1 Å².